The number of para-hydroxylation sites is 1. The number of carbonyl (C=O) groups excluding carboxylic acids is 1. The molecule has 1 aromatic heterocycles. The van der Waals surface area contributed by atoms with E-state index in [1.54, 1.807) is 43.4 Å². The van der Waals surface area contributed by atoms with Gasteiger partial charge in [-0.1, -0.05) is 24.3 Å². The zero-order valence-electron chi connectivity index (χ0n) is 13.8. The Bertz CT molecular complexity index is 983. The fourth-order valence-corrected chi connectivity index (χ4v) is 2.52. The van der Waals surface area contributed by atoms with E-state index in [2.05, 4.69) is 4.74 Å². The van der Waals surface area contributed by atoms with Gasteiger partial charge in [0, 0.05) is 19.7 Å². The Morgan fingerprint density at radius 2 is 1.85 bits per heavy atom. The number of alkyl halides is 2. The number of hydrogen-bond donors (Lipinski definition) is 0. The lowest BCUT2D eigenvalue weighted by atomic mass is 10.2. The van der Waals surface area contributed by atoms with Crippen LogP contribution in [-0.4, -0.2) is 24.5 Å². The third-order valence-corrected chi connectivity index (χ3v) is 3.76. The van der Waals surface area contributed by atoms with Crippen LogP contribution in [0.4, 0.5) is 8.78 Å². The lowest BCUT2D eigenvalue weighted by molar-refractivity contribution is -0.0498. The van der Waals surface area contributed by atoms with Crippen molar-refractivity contribution in [2.75, 3.05) is 7.05 Å². The van der Waals surface area contributed by atoms with Crippen LogP contribution >= 0.6 is 0 Å². The summed E-state index contributed by atoms with van der Waals surface area (Å²) < 4.78 is 34.1. The standard InChI is InChI=1S/C19H15F2NO4/c1-22(11-12-6-8-13(9-7-12)25-19(20)21)18(24)17-10-15(23)14-4-2-3-5-16(14)26-17/h2-10,19H,11H2,1H3. The van der Waals surface area contributed by atoms with Gasteiger partial charge < -0.3 is 14.1 Å². The monoisotopic (exact) mass is 359 g/mol. The molecule has 1 amide bonds. The molecule has 1 heterocycles. The van der Waals surface area contributed by atoms with Crippen molar-refractivity contribution >= 4 is 16.9 Å². The van der Waals surface area contributed by atoms with Gasteiger partial charge in [-0.3, -0.25) is 9.59 Å². The van der Waals surface area contributed by atoms with Crippen LogP contribution in [0.25, 0.3) is 11.0 Å². The molecule has 2 aromatic carbocycles. The molecule has 0 saturated heterocycles. The van der Waals surface area contributed by atoms with E-state index in [1.807, 2.05) is 0 Å². The third-order valence-electron chi connectivity index (χ3n) is 3.76. The molecule has 0 aliphatic heterocycles. The van der Waals surface area contributed by atoms with Gasteiger partial charge in [0.15, 0.2) is 11.2 Å². The molecule has 0 aliphatic carbocycles. The Balaban J connectivity index is 1.76. The zero-order chi connectivity index (χ0) is 18.7. The summed E-state index contributed by atoms with van der Waals surface area (Å²) in [5, 5.41) is 0.404. The van der Waals surface area contributed by atoms with Crippen LogP contribution < -0.4 is 10.2 Å². The van der Waals surface area contributed by atoms with Crippen molar-refractivity contribution in [1.29, 1.82) is 0 Å². The Morgan fingerprint density at radius 3 is 2.54 bits per heavy atom. The van der Waals surface area contributed by atoms with Crippen molar-refractivity contribution < 1.29 is 22.7 Å². The molecule has 0 radical (unpaired) electrons. The zero-order valence-corrected chi connectivity index (χ0v) is 13.8. The molecule has 134 valence electrons. The summed E-state index contributed by atoms with van der Waals surface area (Å²) in [6, 6.07) is 13.8. The molecule has 0 atom stereocenters. The van der Waals surface area contributed by atoms with Crippen LogP contribution in [0.15, 0.2) is 63.8 Å². The molecule has 0 unspecified atom stereocenters. The van der Waals surface area contributed by atoms with E-state index >= 15 is 0 Å². The van der Waals surface area contributed by atoms with Crippen molar-refractivity contribution in [1.82, 2.24) is 4.90 Å². The highest BCUT2D eigenvalue weighted by Crippen LogP contribution is 2.17. The lowest BCUT2D eigenvalue weighted by Gasteiger charge is -2.17. The quantitative estimate of drug-likeness (QED) is 0.697. The Labute approximate surface area is 147 Å². The summed E-state index contributed by atoms with van der Waals surface area (Å²) in [5.74, 6) is -0.479. The summed E-state index contributed by atoms with van der Waals surface area (Å²) in [7, 11) is 1.56. The average Bonchev–Trinajstić information content (AvgIpc) is 2.62. The van der Waals surface area contributed by atoms with Gasteiger partial charge in [0.2, 0.25) is 0 Å². The van der Waals surface area contributed by atoms with Crippen LogP contribution in [0, 0.1) is 0 Å². The number of carbonyl (C=O) groups is 1. The molecule has 5 nitrogen and oxygen atoms in total. The van der Waals surface area contributed by atoms with E-state index < -0.39 is 12.5 Å². The fraction of sp³-hybridized carbons (Fsp3) is 0.158. The van der Waals surface area contributed by atoms with Crippen molar-refractivity contribution in [3.63, 3.8) is 0 Å². The number of fused-ring (bicyclic) bond motifs is 1. The molecular formula is C19H15F2NO4. The Kier molecular flexibility index (Phi) is 4.97. The smallest absolute Gasteiger partial charge is 0.387 e. The van der Waals surface area contributed by atoms with Crippen LogP contribution in [-0.2, 0) is 6.54 Å². The van der Waals surface area contributed by atoms with E-state index in [4.69, 9.17) is 4.42 Å². The highest BCUT2D eigenvalue weighted by atomic mass is 19.3. The second-order valence-electron chi connectivity index (χ2n) is 5.65. The molecule has 26 heavy (non-hydrogen) atoms. The van der Waals surface area contributed by atoms with Gasteiger partial charge in [0.25, 0.3) is 5.91 Å². The van der Waals surface area contributed by atoms with Gasteiger partial charge in [-0.2, -0.15) is 8.78 Å². The fourth-order valence-electron chi connectivity index (χ4n) is 2.52. The first-order chi connectivity index (χ1) is 12.4. The minimum atomic E-state index is -2.89. The second kappa shape index (κ2) is 7.35. The number of halogens is 2. The highest BCUT2D eigenvalue weighted by Gasteiger charge is 2.17. The van der Waals surface area contributed by atoms with Crippen molar-refractivity contribution in [3.8, 4) is 5.75 Å². The highest BCUT2D eigenvalue weighted by molar-refractivity contribution is 5.93. The van der Waals surface area contributed by atoms with Crippen LogP contribution in [0.3, 0.4) is 0 Å². The average molecular weight is 359 g/mol. The summed E-state index contributed by atoms with van der Waals surface area (Å²) in [4.78, 5) is 26.0. The van der Waals surface area contributed by atoms with Gasteiger partial charge in [0.1, 0.15) is 11.3 Å². The molecule has 0 saturated carbocycles. The summed E-state index contributed by atoms with van der Waals surface area (Å²) in [6.07, 6.45) is 0. The van der Waals surface area contributed by atoms with Gasteiger partial charge in [-0.15, -0.1) is 0 Å². The summed E-state index contributed by atoms with van der Waals surface area (Å²) >= 11 is 0. The van der Waals surface area contributed by atoms with Crippen molar-refractivity contribution in [2.45, 2.75) is 13.2 Å². The minimum absolute atomic E-state index is 0.0401. The largest absolute Gasteiger partial charge is 0.451 e. The van der Waals surface area contributed by atoms with Crippen molar-refractivity contribution in [2.24, 2.45) is 0 Å². The number of hydrogen-bond acceptors (Lipinski definition) is 4. The van der Waals surface area contributed by atoms with E-state index in [1.165, 1.54) is 23.1 Å². The van der Waals surface area contributed by atoms with Gasteiger partial charge >= 0.3 is 6.61 Å². The van der Waals surface area contributed by atoms with Crippen LogP contribution in [0.5, 0.6) is 5.75 Å². The minimum Gasteiger partial charge on any atom is -0.451 e. The molecule has 0 aliphatic rings. The number of nitrogens with zero attached hydrogens (tertiary/aromatic N) is 1. The maximum Gasteiger partial charge on any atom is 0.387 e. The summed E-state index contributed by atoms with van der Waals surface area (Å²) in [5.41, 5.74) is 0.757. The number of benzene rings is 2. The molecule has 7 heteroatoms. The first-order valence-corrected chi connectivity index (χ1v) is 7.76. The topological polar surface area (TPSA) is 59.8 Å². The lowest BCUT2D eigenvalue weighted by Crippen LogP contribution is -2.27. The van der Waals surface area contributed by atoms with Crippen LogP contribution in [0.2, 0.25) is 0 Å². The van der Waals surface area contributed by atoms with E-state index in [0.717, 1.165) is 0 Å². The van der Waals surface area contributed by atoms with Gasteiger partial charge in [0.05, 0.1) is 5.39 Å². The predicted octanol–water partition coefficient (Wildman–Crippen LogP) is 3.67. The normalized spacial score (nSPS) is 10.9. The summed E-state index contributed by atoms with van der Waals surface area (Å²) in [6.45, 7) is -2.68. The van der Waals surface area contributed by atoms with E-state index in [0.29, 0.717) is 16.5 Å². The number of rotatable bonds is 5. The first kappa shape index (κ1) is 17.6. The second-order valence-corrected chi connectivity index (χ2v) is 5.65. The molecule has 3 aromatic rings. The van der Waals surface area contributed by atoms with E-state index in [9.17, 15) is 18.4 Å². The number of ether oxygens (including phenoxy) is 1. The first-order valence-electron chi connectivity index (χ1n) is 7.76. The van der Waals surface area contributed by atoms with Crippen LogP contribution in [0.1, 0.15) is 16.1 Å². The Morgan fingerprint density at radius 1 is 1.15 bits per heavy atom. The number of amides is 1. The molecule has 0 spiro atoms. The van der Waals surface area contributed by atoms with Gasteiger partial charge in [-0.05, 0) is 29.8 Å². The molecule has 3 rings (SSSR count). The molecule has 0 fully saturated rings. The van der Waals surface area contributed by atoms with Gasteiger partial charge in [-0.25, -0.2) is 0 Å². The third kappa shape index (κ3) is 3.88. The SMILES string of the molecule is CN(Cc1ccc(OC(F)F)cc1)C(=O)c1cc(=O)c2ccccc2o1. The van der Waals surface area contributed by atoms with Crippen molar-refractivity contribution in [3.05, 3.63) is 76.1 Å². The molecule has 0 N–H and O–H groups in total. The molecular weight excluding hydrogens is 344 g/mol. The molecule has 0 bridgehead atoms. The van der Waals surface area contributed by atoms with E-state index in [-0.39, 0.29) is 23.5 Å². The maximum atomic E-state index is 12.5. The predicted molar refractivity (Wildman–Crippen MR) is 91.4 cm³/mol. The maximum absolute atomic E-state index is 12.5. The Hall–Kier alpha value is -3.22.